The summed E-state index contributed by atoms with van der Waals surface area (Å²) in [6, 6.07) is 0. The van der Waals surface area contributed by atoms with Gasteiger partial charge in [-0.05, 0) is 31.8 Å². The maximum absolute atomic E-state index is 10.5. The fourth-order valence-corrected chi connectivity index (χ4v) is 2.93. The summed E-state index contributed by atoms with van der Waals surface area (Å²) in [5.41, 5.74) is 0. The Morgan fingerprint density at radius 1 is 1.04 bits per heavy atom. The average Bonchev–Trinajstić information content (AvgIpc) is 3.03. The molecular formula is C21H36O4. The summed E-state index contributed by atoms with van der Waals surface area (Å²) in [6.07, 6.45) is 21.4. The van der Waals surface area contributed by atoms with Gasteiger partial charge in [0.05, 0.1) is 12.7 Å². The van der Waals surface area contributed by atoms with Crippen LogP contribution in [0.5, 0.6) is 0 Å². The molecule has 0 aromatic carbocycles. The van der Waals surface area contributed by atoms with Gasteiger partial charge in [0.2, 0.25) is 0 Å². The number of allylic oxidation sites excluding steroid dienone is 3. The van der Waals surface area contributed by atoms with E-state index in [4.69, 9.17) is 14.6 Å². The summed E-state index contributed by atoms with van der Waals surface area (Å²) in [5.74, 6) is -0.753. The molecule has 25 heavy (non-hydrogen) atoms. The second-order valence-corrected chi connectivity index (χ2v) is 6.82. The predicted molar refractivity (Wildman–Crippen MR) is 102 cm³/mol. The molecule has 0 aliphatic carbocycles. The van der Waals surface area contributed by atoms with Crippen LogP contribution in [0.1, 0.15) is 84.0 Å². The van der Waals surface area contributed by atoms with Gasteiger partial charge in [0.15, 0.2) is 6.29 Å². The minimum atomic E-state index is -0.753. The number of hydrogen-bond acceptors (Lipinski definition) is 3. The second-order valence-electron chi connectivity index (χ2n) is 6.82. The first-order valence-corrected chi connectivity index (χ1v) is 10.0. The van der Waals surface area contributed by atoms with Crippen LogP contribution in [0.15, 0.2) is 24.3 Å². The van der Waals surface area contributed by atoms with Gasteiger partial charge in [-0.1, -0.05) is 70.1 Å². The van der Waals surface area contributed by atoms with E-state index in [2.05, 4.69) is 19.1 Å². The van der Waals surface area contributed by atoms with E-state index in [1.165, 1.54) is 51.4 Å². The SMILES string of the molecule is CCCCCCCCCC/C=C/C=C/C1OCC(CCCC(=O)O)O1. The van der Waals surface area contributed by atoms with Crippen molar-refractivity contribution in [2.24, 2.45) is 0 Å². The van der Waals surface area contributed by atoms with Crippen molar-refractivity contribution in [1.29, 1.82) is 0 Å². The van der Waals surface area contributed by atoms with Crippen LogP contribution in [-0.4, -0.2) is 30.1 Å². The molecule has 4 nitrogen and oxygen atoms in total. The van der Waals surface area contributed by atoms with Crippen molar-refractivity contribution >= 4 is 5.97 Å². The van der Waals surface area contributed by atoms with Crippen molar-refractivity contribution in [3.05, 3.63) is 24.3 Å². The van der Waals surface area contributed by atoms with Gasteiger partial charge in [0.1, 0.15) is 0 Å². The van der Waals surface area contributed by atoms with Crippen molar-refractivity contribution < 1.29 is 19.4 Å². The summed E-state index contributed by atoms with van der Waals surface area (Å²) in [6.45, 7) is 2.81. The molecule has 1 aliphatic rings. The van der Waals surface area contributed by atoms with E-state index in [1.54, 1.807) is 0 Å². The minimum Gasteiger partial charge on any atom is -0.481 e. The molecule has 2 unspecified atom stereocenters. The Balaban J connectivity index is 1.95. The predicted octanol–water partition coefficient (Wildman–Crippen LogP) is 5.63. The number of rotatable bonds is 15. The number of carboxylic acids is 1. The van der Waals surface area contributed by atoms with E-state index >= 15 is 0 Å². The number of carboxylic acid groups (broad SMARTS) is 1. The summed E-state index contributed by atoms with van der Waals surface area (Å²) in [7, 11) is 0. The van der Waals surface area contributed by atoms with Gasteiger partial charge in [-0.25, -0.2) is 0 Å². The average molecular weight is 353 g/mol. The zero-order chi connectivity index (χ0) is 18.2. The number of carbonyl (C=O) groups is 1. The first kappa shape index (κ1) is 21.9. The Kier molecular flexibility index (Phi) is 13.3. The van der Waals surface area contributed by atoms with Crippen LogP contribution >= 0.6 is 0 Å². The molecule has 0 amide bonds. The highest BCUT2D eigenvalue weighted by molar-refractivity contribution is 5.66. The Labute approximate surface area is 153 Å². The van der Waals surface area contributed by atoms with Crippen LogP contribution < -0.4 is 0 Å². The number of unbranched alkanes of at least 4 members (excludes halogenated alkanes) is 8. The van der Waals surface area contributed by atoms with Crippen molar-refractivity contribution in [2.45, 2.75) is 96.4 Å². The highest BCUT2D eigenvalue weighted by Gasteiger charge is 2.23. The maximum Gasteiger partial charge on any atom is 0.303 e. The normalized spacial score (nSPS) is 20.8. The third kappa shape index (κ3) is 12.8. The molecule has 4 heteroatoms. The Morgan fingerprint density at radius 2 is 1.76 bits per heavy atom. The Hall–Kier alpha value is -1.13. The van der Waals surface area contributed by atoms with E-state index < -0.39 is 5.97 Å². The molecule has 1 rings (SSSR count). The zero-order valence-corrected chi connectivity index (χ0v) is 15.8. The lowest BCUT2D eigenvalue weighted by Crippen LogP contribution is -2.11. The van der Waals surface area contributed by atoms with Crippen LogP contribution in [0.25, 0.3) is 0 Å². The third-order valence-corrected chi connectivity index (χ3v) is 4.43. The van der Waals surface area contributed by atoms with E-state index in [9.17, 15) is 4.79 Å². The second kappa shape index (κ2) is 15.2. The van der Waals surface area contributed by atoms with Crippen LogP contribution in [0, 0.1) is 0 Å². The molecule has 144 valence electrons. The molecule has 0 aromatic heterocycles. The lowest BCUT2D eigenvalue weighted by atomic mass is 10.1. The van der Waals surface area contributed by atoms with Gasteiger partial charge in [-0.2, -0.15) is 0 Å². The van der Waals surface area contributed by atoms with Crippen molar-refractivity contribution in [3.8, 4) is 0 Å². The van der Waals surface area contributed by atoms with Gasteiger partial charge >= 0.3 is 5.97 Å². The molecule has 0 spiro atoms. The molecule has 1 saturated heterocycles. The first-order chi connectivity index (χ1) is 12.2. The maximum atomic E-state index is 10.5. The topological polar surface area (TPSA) is 55.8 Å². The van der Waals surface area contributed by atoms with Crippen molar-refractivity contribution in [2.75, 3.05) is 6.61 Å². The molecule has 2 atom stereocenters. The quantitative estimate of drug-likeness (QED) is 0.307. The molecule has 1 aliphatic heterocycles. The lowest BCUT2D eigenvalue weighted by molar-refractivity contribution is -0.137. The van der Waals surface area contributed by atoms with Gasteiger partial charge in [-0.15, -0.1) is 0 Å². The molecule has 1 fully saturated rings. The highest BCUT2D eigenvalue weighted by atomic mass is 16.7. The van der Waals surface area contributed by atoms with Crippen LogP contribution in [0.3, 0.4) is 0 Å². The van der Waals surface area contributed by atoms with Gasteiger partial charge < -0.3 is 14.6 Å². The Morgan fingerprint density at radius 3 is 2.48 bits per heavy atom. The molecular weight excluding hydrogens is 316 g/mol. The number of aliphatic carboxylic acids is 1. The summed E-state index contributed by atoms with van der Waals surface area (Å²) >= 11 is 0. The van der Waals surface area contributed by atoms with E-state index in [0.29, 0.717) is 13.0 Å². The molecule has 0 aromatic rings. The Bertz CT molecular complexity index is 389. The number of hydrogen-bond donors (Lipinski definition) is 1. The highest BCUT2D eigenvalue weighted by Crippen LogP contribution is 2.17. The number of ether oxygens (including phenoxy) is 2. The first-order valence-electron chi connectivity index (χ1n) is 10.0. The van der Waals surface area contributed by atoms with E-state index in [1.807, 2.05) is 12.2 Å². The van der Waals surface area contributed by atoms with Crippen molar-refractivity contribution in [3.63, 3.8) is 0 Å². The fourth-order valence-electron chi connectivity index (χ4n) is 2.93. The van der Waals surface area contributed by atoms with Gasteiger partial charge in [-0.3, -0.25) is 4.79 Å². The van der Waals surface area contributed by atoms with Crippen LogP contribution in [0.2, 0.25) is 0 Å². The largest absolute Gasteiger partial charge is 0.481 e. The summed E-state index contributed by atoms with van der Waals surface area (Å²) in [5, 5.41) is 8.63. The van der Waals surface area contributed by atoms with Crippen molar-refractivity contribution in [1.82, 2.24) is 0 Å². The fraction of sp³-hybridized carbons (Fsp3) is 0.762. The van der Waals surface area contributed by atoms with Gasteiger partial charge in [0, 0.05) is 6.42 Å². The van der Waals surface area contributed by atoms with Crippen LogP contribution in [0.4, 0.5) is 0 Å². The van der Waals surface area contributed by atoms with E-state index in [-0.39, 0.29) is 18.8 Å². The smallest absolute Gasteiger partial charge is 0.303 e. The third-order valence-electron chi connectivity index (χ3n) is 4.43. The standard InChI is InChI=1S/C21H36O4/c1-2-3-4-5-6-7-8-9-10-11-12-13-17-21-24-18-19(25-21)15-14-16-20(22)23/h11-13,17,19,21H,2-10,14-16,18H2,1H3,(H,22,23)/b12-11+,17-13+. The lowest BCUT2D eigenvalue weighted by Gasteiger charge is -2.07. The molecule has 0 saturated carbocycles. The minimum absolute atomic E-state index is 0.0234. The zero-order valence-electron chi connectivity index (χ0n) is 15.8. The van der Waals surface area contributed by atoms with Gasteiger partial charge in [0.25, 0.3) is 0 Å². The summed E-state index contributed by atoms with van der Waals surface area (Å²) in [4.78, 5) is 10.5. The summed E-state index contributed by atoms with van der Waals surface area (Å²) < 4.78 is 11.2. The monoisotopic (exact) mass is 352 g/mol. The molecule has 1 N–H and O–H groups in total. The molecule has 0 bridgehead atoms. The van der Waals surface area contributed by atoms with E-state index in [0.717, 1.165) is 12.8 Å². The molecule has 0 radical (unpaired) electrons. The van der Waals surface area contributed by atoms with Crippen LogP contribution in [-0.2, 0) is 14.3 Å². The molecule has 1 heterocycles.